The monoisotopic (exact) mass is 1430 g/mol. The van der Waals surface area contributed by atoms with E-state index in [-0.39, 0.29) is 6.61 Å². The molecule has 1 aliphatic heterocycles. The third-order valence-electron chi connectivity index (χ3n) is 24.4. The smallest absolute Gasteiger partial charge is 0.311 e. The summed E-state index contributed by atoms with van der Waals surface area (Å²) in [5.74, 6) is 1.59. The van der Waals surface area contributed by atoms with Crippen LogP contribution in [0.25, 0.3) is 0 Å². The summed E-state index contributed by atoms with van der Waals surface area (Å²) in [5, 5.41) is 51.8. The molecule has 602 valence electrons. The molecule has 0 bridgehead atoms. The predicted octanol–water partition coefficient (Wildman–Crippen LogP) is 27.5. The summed E-state index contributed by atoms with van der Waals surface area (Å²) >= 11 is 0. The van der Waals surface area contributed by atoms with Crippen LogP contribution in [0.15, 0.2) is 0 Å². The van der Waals surface area contributed by atoms with Gasteiger partial charge in [-0.1, -0.05) is 470 Å². The highest BCUT2D eigenvalue weighted by Crippen LogP contribution is 2.46. The molecule has 2 rings (SSSR count). The van der Waals surface area contributed by atoms with Crippen molar-refractivity contribution in [2.24, 2.45) is 23.7 Å². The number of unbranched alkanes of at least 4 members (excludes halogenated alkanes) is 64. The highest BCUT2D eigenvalue weighted by Gasteiger charge is 2.44. The molecule has 5 N–H and O–H groups in total. The zero-order valence-corrected chi connectivity index (χ0v) is 68.5. The second-order valence-electron chi connectivity index (χ2n) is 33.9. The maximum Gasteiger partial charge on any atom is 0.311 e. The Bertz CT molecular complexity index is 1660. The van der Waals surface area contributed by atoms with Gasteiger partial charge in [-0.2, -0.15) is 0 Å². The van der Waals surface area contributed by atoms with Crippen molar-refractivity contribution in [1.82, 2.24) is 0 Å². The minimum Gasteiger partial charge on any atom is -0.463 e. The van der Waals surface area contributed by atoms with Crippen molar-refractivity contribution >= 4 is 5.97 Å². The molecule has 11 atom stereocenters. The Labute approximate surface area is 629 Å². The first-order valence-electron chi connectivity index (χ1n) is 46.4. The highest BCUT2D eigenvalue weighted by atomic mass is 16.7. The molecule has 9 nitrogen and oxygen atoms in total. The number of rotatable bonds is 82. The standard InChI is InChI=1S/C92H180O9/c1-5-7-9-11-13-15-17-19-21-23-24-25-26-27-31-35-39-46-52-58-64-70-76-84(91(97)100-80-87-88(94)89(95)90(96)92(98)101-87)85(93)77-71-65-59-53-47-42-41-45-51-57-63-69-75-83-79-82(83)74-68-62-56-50-44-38-34-30-28-32-36-40-48-54-60-66-72-78-86(99-4)81(3)73-67-61-55-49-43-37-33-29-22-20-18-16-14-12-10-8-6-2/h81-90,92-96,98H,5-80H2,1-4H3/t81-,82?,83?,84+,85+,86-,87+,88+,89-,90+,92?/m0/s1. The number of hydrogen-bond donors (Lipinski definition) is 5. The lowest BCUT2D eigenvalue weighted by Gasteiger charge is -2.38. The van der Waals surface area contributed by atoms with Gasteiger partial charge in [-0.3, -0.25) is 4.79 Å². The van der Waals surface area contributed by atoms with Gasteiger partial charge in [0.2, 0.25) is 0 Å². The number of esters is 1. The maximum absolute atomic E-state index is 13.5. The quantitative estimate of drug-likeness (QED) is 0.0297. The molecule has 9 heteroatoms. The van der Waals surface area contributed by atoms with E-state index in [4.69, 9.17) is 14.2 Å². The molecule has 1 heterocycles. The van der Waals surface area contributed by atoms with Crippen molar-refractivity contribution in [1.29, 1.82) is 0 Å². The normalized spacial score (nSPS) is 19.7. The molecule has 0 aromatic carbocycles. The van der Waals surface area contributed by atoms with Gasteiger partial charge >= 0.3 is 5.97 Å². The lowest BCUT2D eigenvalue weighted by atomic mass is 9.91. The van der Waals surface area contributed by atoms with Crippen LogP contribution in [-0.4, -0.2) is 88.1 Å². The van der Waals surface area contributed by atoms with Crippen LogP contribution in [-0.2, 0) is 19.0 Å². The molecule has 3 unspecified atom stereocenters. The maximum atomic E-state index is 13.5. The van der Waals surface area contributed by atoms with Crippen molar-refractivity contribution in [3.05, 3.63) is 0 Å². The average molecular weight is 1430 g/mol. The Kier molecular flexibility index (Phi) is 69.9. The van der Waals surface area contributed by atoms with Crippen LogP contribution in [0.3, 0.4) is 0 Å². The predicted molar refractivity (Wildman–Crippen MR) is 434 cm³/mol. The van der Waals surface area contributed by atoms with Crippen molar-refractivity contribution in [3.63, 3.8) is 0 Å². The van der Waals surface area contributed by atoms with Gasteiger partial charge in [-0.15, -0.1) is 0 Å². The summed E-state index contributed by atoms with van der Waals surface area (Å²) in [7, 11) is 1.95. The molecule has 0 spiro atoms. The largest absolute Gasteiger partial charge is 0.463 e. The molecule has 1 aliphatic carbocycles. The molecule has 1 saturated carbocycles. The summed E-state index contributed by atoms with van der Waals surface area (Å²) < 4.78 is 16.8. The molecule has 0 radical (unpaired) electrons. The van der Waals surface area contributed by atoms with Crippen molar-refractivity contribution in [2.75, 3.05) is 13.7 Å². The first-order valence-corrected chi connectivity index (χ1v) is 46.4. The van der Waals surface area contributed by atoms with Gasteiger partial charge in [0.25, 0.3) is 0 Å². The molecule has 101 heavy (non-hydrogen) atoms. The molecular formula is C92H180O9. The SMILES string of the molecule is CCCCCCCCCCCCCCCCCCCCCCCC[C@@H](C(=O)OC[C@H]1OC(O)[C@H](O)[C@@H](O)[C@@H]1O)[C@H](O)CCCCCCCCCCCCCCC1CC1CCCCCCCCCCCCCCCCCCC[C@H](OC)[C@@H](C)CCCCCCCCCCCCCCCCCCC. The lowest BCUT2D eigenvalue weighted by Crippen LogP contribution is -2.58. The fourth-order valence-corrected chi connectivity index (χ4v) is 16.9. The number of carbonyl (C=O) groups is 1. The summed E-state index contributed by atoms with van der Waals surface area (Å²) in [6.45, 7) is 6.67. The van der Waals surface area contributed by atoms with Crippen LogP contribution < -0.4 is 0 Å². The summed E-state index contributed by atoms with van der Waals surface area (Å²) in [5.41, 5.74) is 0. The second kappa shape index (κ2) is 73.3. The van der Waals surface area contributed by atoms with E-state index in [2.05, 4.69) is 20.8 Å². The average Bonchev–Trinajstić information content (AvgIpc) is 1.56. The van der Waals surface area contributed by atoms with Crippen LogP contribution in [0.4, 0.5) is 0 Å². The van der Waals surface area contributed by atoms with Crippen LogP contribution >= 0.6 is 0 Å². The molecule has 2 fully saturated rings. The van der Waals surface area contributed by atoms with Gasteiger partial charge in [0.05, 0.1) is 18.1 Å². The zero-order valence-electron chi connectivity index (χ0n) is 68.5. The number of carbonyl (C=O) groups excluding carboxylic acids is 1. The highest BCUT2D eigenvalue weighted by molar-refractivity contribution is 5.73. The Balaban J connectivity index is 1.34. The van der Waals surface area contributed by atoms with Crippen molar-refractivity contribution in [2.45, 2.75) is 545 Å². The molecule has 0 aromatic heterocycles. The first kappa shape index (κ1) is 96.3. The Hall–Kier alpha value is -0.810. The molecule has 0 aromatic rings. The Morgan fingerprint density at radius 3 is 0.891 bits per heavy atom. The molecule has 2 aliphatic rings. The van der Waals surface area contributed by atoms with E-state index in [9.17, 15) is 30.3 Å². The number of hydrogen-bond acceptors (Lipinski definition) is 9. The fraction of sp³-hybridized carbons (Fsp3) is 0.989. The summed E-state index contributed by atoms with van der Waals surface area (Å²) in [6.07, 6.45) is 93.5. The minimum atomic E-state index is -1.69. The van der Waals surface area contributed by atoms with E-state index in [1.807, 2.05) is 7.11 Å². The van der Waals surface area contributed by atoms with E-state index < -0.39 is 48.7 Å². The number of aliphatic hydroxyl groups is 5. The van der Waals surface area contributed by atoms with Gasteiger partial charge in [-0.05, 0) is 49.9 Å². The van der Waals surface area contributed by atoms with E-state index in [0.29, 0.717) is 24.9 Å². The second-order valence-corrected chi connectivity index (χ2v) is 33.9. The Morgan fingerprint density at radius 1 is 0.337 bits per heavy atom. The van der Waals surface area contributed by atoms with Crippen molar-refractivity contribution in [3.8, 4) is 0 Å². The minimum absolute atomic E-state index is 0.372. The van der Waals surface area contributed by atoms with E-state index in [1.54, 1.807) is 0 Å². The van der Waals surface area contributed by atoms with E-state index in [1.165, 1.54) is 430 Å². The van der Waals surface area contributed by atoms with Crippen LogP contribution in [0.2, 0.25) is 0 Å². The molecule has 1 saturated heterocycles. The number of ether oxygens (including phenoxy) is 3. The first-order chi connectivity index (χ1) is 49.6. The van der Waals surface area contributed by atoms with Crippen LogP contribution in [0.1, 0.15) is 502 Å². The fourth-order valence-electron chi connectivity index (χ4n) is 16.9. The zero-order chi connectivity index (χ0) is 72.8. The van der Waals surface area contributed by atoms with Gasteiger partial charge in [0.1, 0.15) is 31.0 Å². The van der Waals surface area contributed by atoms with Crippen LogP contribution in [0, 0.1) is 23.7 Å². The molecule has 0 amide bonds. The summed E-state index contributed by atoms with van der Waals surface area (Å²) in [4.78, 5) is 13.5. The summed E-state index contributed by atoms with van der Waals surface area (Å²) in [6, 6.07) is 0. The lowest BCUT2D eigenvalue weighted by molar-refractivity contribution is -0.287. The number of methoxy groups -OCH3 is 1. The van der Waals surface area contributed by atoms with Crippen LogP contribution in [0.5, 0.6) is 0 Å². The van der Waals surface area contributed by atoms with Gasteiger partial charge < -0.3 is 39.7 Å². The van der Waals surface area contributed by atoms with Gasteiger partial charge in [0.15, 0.2) is 6.29 Å². The van der Waals surface area contributed by atoms with E-state index in [0.717, 1.165) is 50.4 Å². The van der Waals surface area contributed by atoms with Gasteiger partial charge in [-0.25, -0.2) is 0 Å². The van der Waals surface area contributed by atoms with Crippen molar-refractivity contribution < 1.29 is 44.5 Å². The third-order valence-corrected chi connectivity index (χ3v) is 24.4. The molecular weight excluding hydrogens is 1250 g/mol. The van der Waals surface area contributed by atoms with E-state index >= 15 is 0 Å². The Morgan fingerprint density at radius 2 is 0.594 bits per heavy atom. The number of aliphatic hydroxyl groups excluding tert-OH is 5. The van der Waals surface area contributed by atoms with Gasteiger partial charge in [0, 0.05) is 7.11 Å². The topological polar surface area (TPSA) is 146 Å². The third kappa shape index (κ3) is 58.8.